The Kier molecular flexibility index (Phi) is 4.98. The molecule has 0 aliphatic carbocycles. The van der Waals surface area contributed by atoms with Crippen LogP contribution in [0.5, 0.6) is 0 Å². The number of carboxylic acids is 1. The summed E-state index contributed by atoms with van der Waals surface area (Å²) in [6.45, 7) is 2.60. The van der Waals surface area contributed by atoms with Crippen molar-refractivity contribution in [2.75, 3.05) is 11.9 Å². The quantitative estimate of drug-likeness (QED) is 0.850. The van der Waals surface area contributed by atoms with Crippen molar-refractivity contribution in [1.82, 2.24) is 4.98 Å². The summed E-state index contributed by atoms with van der Waals surface area (Å²) in [5.41, 5.74) is 2.65. The minimum absolute atomic E-state index is 0.610. The van der Waals surface area contributed by atoms with Crippen LogP contribution in [0.3, 0.4) is 0 Å². The summed E-state index contributed by atoms with van der Waals surface area (Å²) >= 11 is 7.66. The molecule has 21 heavy (non-hydrogen) atoms. The standard InChI is InChI=1S/C15H15ClN2O2S/c1-10-17-13(9-21-10)8-18(2)14-7-12(16)5-3-11(14)4-6-15(19)20/h3-7,9H,8H2,1-2H3,(H,19,20)/b6-4+. The highest BCUT2D eigenvalue weighted by atomic mass is 35.5. The third-order valence-corrected chi connectivity index (χ3v) is 3.93. The lowest BCUT2D eigenvalue weighted by atomic mass is 10.1. The van der Waals surface area contributed by atoms with Crippen molar-refractivity contribution in [3.05, 3.63) is 50.9 Å². The van der Waals surface area contributed by atoms with Crippen LogP contribution in [-0.2, 0) is 11.3 Å². The van der Waals surface area contributed by atoms with Crippen molar-refractivity contribution < 1.29 is 9.90 Å². The third-order valence-electron chi connectivity index (χ3n) is 2.87. The zero-order chi connectivity index (χ0) is 15.4. The fourth-order valence-corrected chi connectivity index (χ4v) is 2.73. The first-order valence-corrected chi connectivity index (χ1v) is 7.54. The Hall–Kier alpha value is -1.85. The van der Waals surface area contributed by atoms with E-state index >= 15 is 0 Å². The molecule has 0 saturated carbocycles. The third kappa shape index (κ3) is 4.31. The zero-order valence-corrected chi connectivity index (χ0v) is 13.3. The maximum absolute atomic E-state index is 10.7. The first-order valence-electron chi connectivity index (χ1n) is 6.28. The number of aromatic nitrogens is 1. The van der Waals surface area contributed by atoms with Gasteiger partial charge in [-0.15, -0.1) is 11.3 Å². The van der Waals surface area contributed by atoms with Crippen molar-refractivity contribution in [2.24, 2.45) is 0 Å². The number of rotatable bonds is 5. The van der Waals surface area contributed by atoms with Gasteiger partial charge in [0.15, 0.2) is 0 Å². The van der Waals surface area contributed by atoms with Crippen molar-refractivity contribution in [3.63, 3.8) is 0 Å². The molecule has 1 N–H and O–H groups in total. The van der Waals surface area contributed by atoms with Crippen molar-refractivity contribution in [1.29, 1.82) is 0 Å². The minimum atomic E-state index is -0.978. The number of aliphatic carboxylic acids is 1. The molecule has 1 aromatic carbocycles. The van der Waals surface area contributed by atoms with E-state index in [-0.39, 0.29) is 0 Å². The predicted octanol–water partition coefficient (Wildman–Crippen LogP) is 3.84. The molecule has 0 aliphatic heterocycles. The van der Waals surface area contributed by atoms with Gasteiger partial charge < -0.3 is 10.0 Å². The predicted molar refractivity (Wildman–Crippen MR) is 87.1 cm³/mol. The van der Waals surface area contributed by atoms with E-state index in [9.17, 15) is 4.79 Å². The van der Waals surface area contributed by atoms with Gasteiger partial charge in [-0.1, -0.05) is 17.7 Å². The lowest BCUT2D eigenvalue weighted by Gasteiger charge is -2.21. The average molecular weight is 323 g/mol. The summed E-state index contributed by atoms with van der Waals surface area (Å²) in [5.74, 6) is -0.978. The lowest BCUT2D eigenvalue weighted by molar-refractivity contribution is -0.131. The van der Waals surface area contributed by atoms with Gasteiger partial charge in [0, 0.05) is 29.2 Å². The summed E-state index contributed by atoms with van der Waals surface area (Å²) in [4.78, 5) is 17.1. The van der Waals surface area contributed by atoms with E-state index in [4.69, 9.17) is 16.7 Å². The Labute approximate surface area is 132 Å². The number of benzene rings is 1. The molecule has 6 heteroatoms. The maximum atomic E-state index is 10.7. The summed E-state index contributed by atoms with van der Waals surface area (Å²) in [5, 5.41) is 12.4. The van der Waals surface area contributed by atoms with Gasteiger partial charge in [0.25, 0.3) is 0 Å². The van der Waals surface area contributed by atoms with Crippen LogP contribution in [0, 0.1) is 6.92 Å². The molecule has 4 nitrogen and oxygen atoms in total. The molecular formula is C15H15ClN2O2S. The van der Waals surface area contributed by atoms with Crippen LogP contribution in [0.4, 0.5) is 5.69 Å². The molecule has 0 unspecified atom stereocenters. The molecule has 0 saturated heterocycles. The summed E-state index contributed by atoms with van der Waals surface area (Å²) in [6.07, 6.45) is 2.68. The molecular weight excluding hydrogens is 308 g/mol. The van der Waals surface area contributed by atoms with Gasteiger partial charge in [-0.05, 0) is 30.7 Å². The van der Waals surface area contributed by atoms with Crippen LogP contribution < -0.4 is 4.90 Å². The van der Waals surface area contributed by atoms with Crippen LogP contribution in [0.1, 0.15) is 16.3 Å². The number of thiazole rings is 1. The number of halogens is 1. The van der Waals surface area contributed by atoms with Crippen LogP contribution >= 0.6 is 22.9 Å². The van der Waals surface area contributed by atoms with Crippen LogP contribution in [0.15, 0.2) is 29.7 Å². The van der Waals surface area contributed by atoms with Gasteiger partial charge in [-0.2, -0.15) is 0 Å². The first kappa shape index (κ1) is 15.5. The molecule has 110 valence electrons. The van der Waals surface area contributed by atoms with E-state index in [0.29, 0.717) is 11.6 Å². The zero-order valence-electron chi connectivity index (χ0n) is 11.7. The molecule has 0 bridgehead atoms. The number of hydrogen-bond donors (Lipinski definition) is 1. The normalized spacial score (nSPS) is 11.0. The summed E-state index contributed by atoms with van der Waals surface area (Å²) in [6, 6.07) is 5.37. The van der Waals surface area contributed by atoms with Crippen LogP contribution in [0.25, 0.3) is 6.08 Å². The minimum Gasteiger partial charge on any atom is -0.478 e. The Morgan fingerprint density at radius 3 is 2.90 bits per heavy atom. The van der Waals surface area contributed by atoms with Crippen LogP contribution in [-0.4, -0.2) is 23.1 Å². The largest absolute Gasteiger partial charge is 0.478 e. The van der Waals surface area contributed by atoms with Gasteiger partial charge in [-0.25, -0.2) is 9.78 Å². The highest BCUT2D eigenvalue weighted by molar-refractivity contribution is 7.09. The number of aryl methyl sites for hydroxylation is 1. The maximum Gasteiger partial charge on any atom is 0.328 e. The Morgan fingerprint density at radius 1 is 1.52 bits per heavy atom. The van der Waals surface area contributed by atoms with Gasteiger partial charge in [0.05, 0.1) is 17.2 Å². The van der Waals surface area contributed by atoms with Crippen molar-refractivity contribution in [2.45, 2.75) is 13.5 Å². The van der Waals surface area contributed by atoms with E-state index in [1.165, 1.54) is 0 Å². The van der Waals surface area contributed by atoms with Crippen molar-refractivity contribution in [3.8, 4) is 0 Å². The smallest absolute Gasteiger partial charge is 0.328 e. The molecule has 1 aromatic heterocycles. The second-order valence-electron chi connectivity index (χ2n) is 4.59. The fourth-order valence-electron chi connectivity index (χ4n) is 1.96. The molecule has 0 aliphatic rings. The second kappa shape index (κ2) is 6.74. The van der Waals surface area contributed by atoms with E-state index in [2.05, 4.69) is 4.98 Å². The summed E-state index contributed by atoms with van der Waals surface area (Å²) in [7, 11) is 1.93. The van der Waals surface area contributed by atoms with E-state index in [1.54, 1.807) is 29.5 Å². The van der Waals surface area contributed by atoms with E-state index < -0.39 is 5.97 Å². The number of anilines is 1. The summed E-state index contributed by atoms with van der Waals surface area (Å²) < 4.78 is 0. The number of carbonyl (C=O) groups is 1. The molecule has 2 aromatic rings. The van der Waals surface area contributed by atoms with Crippen molar-refractivity contribution >= 4 is 40.7 Å². The Balaban J connectivity index is 2.27. The molecule has 0 atom stereocenters. The monoisotopic (exact) mass is 322 g/mol. The molecule has 0 amide bonds. The van der Waals surface area contributed by atoms with Gasteiger partial charge in [-0.3, -0.25) is 0 Å². The Morgan fingerprint density at radius 2 is 2.29 bits per heavy atom. The molecule has 2 rings (SSSR count). The van der Waals surface area contributed by atoms with Crippen LogP contribution in [0.2, 0.25) is 5.02 Å². The van der Waals surface area contributed by atoms with Gasteiger partial charge in [0.2, 0.25) is 0 Å². The average Bonchev–Trinajstić information content (AvgIpc) is 2.82. The Bertz CT molecular complexity index is 682. The topological polar surface area (TPSA) is 53.4 Å². The SMILES string of the molecule is Cc1nc(CN(C)c2cc(Cl)ccc2/C=C/C(=O)O)cs1. The highest BCUT2D eigenvalue weighted by Gasteiger charge is 2.09. The lowest BCUT2D eigenvalue weighted by Crippen LogP contribution is -2.17. The van der Waals surface area contributed by atoms with E-state index in [0.717, 1.165) is 28.0 Å². The molecule has 0 radical (unpaired) electrons. The molecule has 0 spiro atoms. The second-order valence-corrected chi connectivity index (χ2v) is 6.09. The first-order chi connectivity index (χ1) is 9.95. The molecule has 1 heterocycles. The number of nitrogens with zero attached hydrogens (tertiary/aromatic N) is 2. The van der Waals surface area contributed by atoms with E-state index in [1.807, 2.05) is 30.3 Å². The highest BCUT2D eigenvalue weighted by Crippen LogP contribution is 2.26. The van der Waals surface area contributed by atoms with Gasteiger partial charge in [0.1, 0.15) is 0 Å². The number of carboxylic acid groups (broad SMARTS) is 1. The molecule has 0 fully saturated rings. The fraction of sp³-hybridized carbons (Fsp3) is 0.200. The van der Waals surface area contributed by atoms with Gasteiger partial charge >= 0.3 is 5.97 Å². The number of hydrogen-bond acceptors (Lipinski definition) is 4.